The third-order valence-corrected chi connectivity index (χ3v) is 4.90. The quantitative estimate of drug-likeness (QED) is 0.796. The predicted molar refractivity (Wildman–Crippen MR) is 68.2 cm³/mol. The molecule has 1 aromatic heterocycles. The Kier molecular flexibility index (Phi) is 3.74. The van der Waals surface area contributed by atoms with Crippen molar-refractivity contribution in [1.82, 2.24) is 14.5 Å². The van der Waals surface area contributed by atoms with E-state index < -0.39 is 10.0 Å². The average molecular weight is 272 g/mol. The van der Waals surface area contributed by atoms with E-state index in [4.69, 9.17) is 5.73 Å². The summed E-state index contributed by atoms with van der Waals surface area (Å²) in [6.45, 7) is 4.74. The normalized spacial score (nSPS) is 16.7. The first-order chi connectivity index (χ1) is 8.46. The summed E-state index contributed by atoms with van der Waals surface area (Å²) in [4.78, 5) is 0. The molecule has 7 heteroatoms. The lowest BCUT2D eigenvalue weighted by atomic mass is 10.2. The number of nitrogens with two attached hydrogens (primary N) is 1. The van der Waals surface area contributed by atoms with E-state index >= 15 is 0 Å². The van der Waals surface area contributed by atoms with Crippen molar-refractivity contribution in [3.8, 4) is 0 Å². The maximum Gasteiger partial charge on any atom is 0.260 e. The molecular weight excluding hydrogens is 252 g/mol. The Morgan fingerprint density at radius 1 is 1.56 bits per heavy atom. The molecule has 1 aliphatic carbocycles. The molecule has 1 saturated carbocycles. The molecule has 1 heterocycles. The van der Waals surface area contributed by atoms with Crippen LogP contribution in [0.5, 0.6) is 0 Å². The number of nitrogens with one attached hydrogen (secondary N) is 1. The molecule has 6 nitrogen and oxygen atoms in total. The average Bonchev–Trinajstić information content (AvgIpc) is 3.01. The summed E-state index contributed by atoms with van der Waals surface area (Å²) in [6.07, 6.45) is 3.36. The fraction of sp³-hybridized carbons (Fsp3) is 0.727. The molecule has 18 heavy (non-hydrogen) atoms. The van der Waals surface area contributed by atoms with E-state index in [1.54, 1.807) is 4.31 Å². The molecule has 1 fully saturated rings. The van der Waals surface area contributed by atoms with Crippen LogP contribution in [0.25, 0.3) is 0 Å². The van der Waals surface area contributed by atoms with Crippen LogP contribution >= 0.6 is 0 Å². The highest BCUT2D eigenvalue weighted by molar-refractivity contribution is 7.89. The van der Waals surface area contributed by atoms with Crippen LogP contribution in [0.1, 0.15) is 32.3 Å². The van der Waals surface area contributed by atoms with Gasteiger partial charge >= 0.3 is 0 Å². The molecule has 102 valence electrons. The van der Waals surface area contributed by atoms with Crippen LogP contribution in [0.4, 0.5) is 0 Å². The Labute approximate surface area is 108 Å². The van der Waals surface area contributed by atoms with E-state index in [1.165, 1.54) is 6.20 Å². The molecule has 0 radical (unpaired) electrons. The first-order valence-electron chi connectivity index (χ1n) is 6.21. The number of nitrogens with zero attached hydrogens (tertiary/aromatic N) is 2. The van der Waals surface area contributed by atoms with Gasteiger partial charge in [0.2, 0.25) is 0 Å². The highest BCUT2D eigenvalue weighted by Gasteiger charge is 2.39. The lowest BCUT2D eigenvalue weighted by molar-refractivity contribution is 0.358. The Hall–Kier alpha value is -0.920. The van der Waals surface area contributed by atoms with E-state index in [2.05, 4.69) is 10.2 Å². The number of hydrogen-bond acceptors (Lipinski definition) is 4. The second kappa shape index (κ2) is 4.99. The SMILES string of the molecule is CC(C)CN(C1CC1)S(=O)(=O)c1[nH]ncc1CN. The molecule has 0 atom stereocenters. The third kappa shape index (κ3) is 2.57. The molecule has 1 aromatic rings. The van der Waals surface area contributed by atoms with Crippen LogP contribution in [0.2, 0.25) is 0 Å². The van der Waals surface area contributed by atoms with E-state index in [9.17, 15) is 8.42 Å². The van der Waals surface area contributed by atoms with Crippen molar-refractivity contribution in [1.29, 1.82) is 0 Å². The van der Waals surface area contributed by atoms with E-state index in [-0.39, 0.29) is 17.6 Å². The van der Waals surface area contributed by atoms with Crippen molar-refractivity contribution < 1.29 is 8.42 Å². The second-order valence-corrected chi connectivity index (χ2v) is 6.96. The minimum absolute atomic E-state index is 0.145. The number of rotatable bonds is 6. The van der Waals surface area contributed by atoms with Gasteiger partial charge in [0, 0.05) is 24.7 Å². The smallest absolute Gasteiger partial charge is 0.260 e. The molecule has 0 saturated heterocycles. The van der Waals surface area contributed by atoms with Crippen LogP contribution < -0.4 is 5.73 Å². The van der Waals surface area contributed by atoms with Crippen molar-refractivity contribution >= 4 is 10.0 Å². The fourth-order valence-electron chi connectivity index (χ4n) is 1.95. The van der Waals surface area contributed by atoms with Crippen LogP contribution in [0.15, 0.2) is 11.2 Å². The first-order valence-corrected chi connectivity index (χ1v) is 7.65. The van der Waals surface area contributed by atoms with Gasteiger partial charge in [-0.1, -0.05) is 13.8 Å². The number of sulfonamides is 1. The zero-order chi connectivity index (χ0) is 13.3. The lowest BCUT2D eigenvalue weighted by Crippen LogP contribution is -2.36. The number of H-pyrrole nitrogens is 1. The summed E-state index contributed by atoms with van der Waals surface area (Å²) in [6, 6.07) is 0.145. The molecule has 0 spiro atoms. The molecular formula is C11H20N4O2S. The van der Waals surface area contributed by atoms with Gasteiger partial charge in [-0.25, -0.2) is 8.42 Å². The van der Waals surface area contributed by atoms with Gasteiger partial charge in [0.05, 0.1) is 6.20 Å². The lowest BCUT2D eigenvalue weighted by Gasteiger charge is -2.23. The summed E-state index contributed by atoms with van der Waals surface area (Å²) in [7, 11) is -3.50. The zero-order valence-corrected chi connectivity index (χ0v) is 11.6. The Morgan fingerprint density at radius 2 is 2.22 bits per heavy atom. The Bertz CT molecular complexity index is 505. The standard InChI is InChI=1S/C11H20N4O2S/c1-8(2)7-15(10-3-4-10)18(16,17)11-9(5-12)6-13-14-11/h6,8,10H,3-5,7,12H2,1-2H3,(H,13,14). The maximum atomic E-state index is 12.6. The van der Waals surface area contributed by atoms with Gasteiger partial charge in [-0.2, -0.15) is 9.40 Å². The molecule has 0 aliphatic heterocycles. The van der Waals surface area contributed by atoms with Gasteiger partial charge in [-0.3, -0.25) is 5.10 Å². The fourth-order valence-corrected chi connectivity index (χ4v) is 3.92. The van der Waals surface area contributed by atoms with Crippen LogP contribution in [0.3, 0.4) is 0 Å². The Balaban J connectivity index is 2.33. The third-order valence-electron chi connectivity index (χ3n) is 2.96. The van der Waals surface area contributed by atoms with Gasteiger partial charge in [0.1, 0.15) is 0 Å². The van der Waals surface area contributed by atoms with Crippen molar-refractivity contribution in [2.45, 2.75) is 44.3 Å². The van der Waals surface area contributed by atoms with Gasteiger partial charge in [-0.05, 0) is 18.8 Å². The molecule has 1 aliphatic rings. The molecule has 0 aromatic carbocycles. The van der Waals surface area contributed by atoms with Crippen molar-refractivity contribution in [2.24, 2.45) is 11.7 Å². The van der Waals surface area contributed by atoms with Crippen LogP contribution in [-0.4, -0.2) is 35.5 Å². The first kappa shape index (κ1) is 13.5. The van der Waals surface area contributed by atoms with Crippen molar-refractivity contribution in [3.63, 3.8) is 0 Å². The topological polar surface area (TPSA) is 92.1 Å². The monoisotopic (exact) mass is 272 g/mol. The highest BCUT2D eigenvalue weighted by atomic mass is 32.2. The van der Waals surface area contributed by atoms with Crippen LogP contribution in [-0.2, 0) is 16.6 Å². The minimum Gasteiger partial charge on any atom is -0.326 e. The van der Waals surface area contributed by atoms with E-state index in [0.29, 0.717) is 18.0 Å². The number of aromatic nitrogens is 2. The van der Waals surface area contributed by atoms with Gasteiger partial charge < -0.3 is 5.73 Å². The summed E-state index contributed by atoms with van der Waals surface area (Å²) in [5, 5.41) is 6.51. The number of hydrogen-bond donors (Lipinski definition) is 2. The minimum atomic E-state index is -3.50. The number of aromatic amines is 1. The predicted octanol–water partition coefficient (Wildman–Crippen LogP) is 0.678. The van der Waals surface area contributed by atoms with Gasteiger partial charge in [-0.15, -0.1) is 0 Å². The summed E-state index contributed by atoms with van der Waals surface area (Å²) < 4.78 is 26.8. The highest BCUT2D eigenvalue weighted by Crippen LogP contribution is 2.32. The molecule has 0 unspecified atom stereocenters. The van der Waals surface area contributed by atoms with Crippen LogP contribution in [0, 0.1) is 5.92 Å². The maximum absolute atomic E-state index is 12.6. The van der Waals surface area contributed by atoms with Gasteiger partial charge in [0.25, 0.3) is 10.0 Å². The molecule has 3 N–H and O–H groups in total. The van der Waals surface area contributed by atoms with E-state index in [0.717, 1.165) is 12.8 Å². The summed E-state index contributed by atoms with van der Waals surface area (Å²) >= 11 is 0. The zero-order valence-electron chi connectivity index (χ0n) is 10.8. The molecule has 0 bridgehead atoms. The van der Waals surface area contributed by atoms with Gasteiger partial charge in [0.15, 0.2) is 5.03 Å². The van der Waals surface area contributed by atoms with Crippen molar-refractivity contribution in [2.75, 3.05) is 6.54 Å². The summed E-state index contributed by atoms with van der Waals surface area (Å²) in [5.41, 5.74) is 6.09. The summed E-state index contributed by atoms with van der Waals surface area (Å²) in [5.74, 6) is 0.296. The van der Waals surface area contributed by atoms with Crippen molar-refractivity contribution in [3.05, 3.63) is 11.8 Å². The Morgan fingerprint density at radius 3 is 2.72 bits per heavy atom. The van der Waals surface area contributed by atoms with E-state index in [1.807, 2.05) is 13.8 Å². The molecule has 0 amide bonds. The largest absolute Gasteiger partial charge is 0.326 e. The molecule has 2 rings (SSSR count). The second-order valence-electron chi connectivity index (χ2n) is 5.13.